The van der Waals surface area contributed by atoms with Crippen LogP contribution in [0.15, 0.2) is 224 Å². The first-order valence-electron chi connectivity index (χ1n) is 22.9. The van der Waals surface area contributed by atoms with Gasteiger partial charge in [0.1, 0.15) is 0 Å². The third-order valence-electron chi connectivity index (χ3n) is 14.5. The average molecular weight is 832 g/mol. The predicted molar refractivity (Wildman–Crippen MR) is 276 cm³/mol. The van der Waals surface area contributed by atoms with Gasteiger partial charge in [-0.2, -0.15) is 0 Å². The van der Waals surface area contributed by atoms with E-state index in [0.717, 1.165) is 17.1 Å². The number of rotatable bonds is 7. The Hall–Kier alpha value is -7.74. The van der Waals surface area contributed by atoms with Gasteiger partial charge in [-0.15, -0.1) is 0 Å². The molecule has 2 aliphatic rings. The average Bonchev–Trinajstić information content (AvgIpc) is 3.73. The minimum absolute atomic E-state index is 0.102. The van der Waals surface area contributed by atoms with Crippen molar-refractivity contribution >= 4 is 27.8 Å². The third-order valence-corrected chi connectivity index (χ3v) is 14.5. The van der Waals surface area contributed by atoms with Crippen molar-refractivity contribution in [1.82, 2.24) is 0 Å². The van der Waals surface area contributed by atoms with Crippen LogP contribution in [0.2, 0.25) is 0 Å². The van der Waals surface area contributed by atoms with Crippen LogP contribution in [0.25, 0.3) is 77.5 Å². The summed E-state index contributed by atoms with van der Waals surface area (Å²) in [4.78, 5) is 2.45. The van der Waals surface area contributed by atoms with Gasteiger partial charge < -0.3 is 4.90 Å². The Morgan fingerprint density at radius 1 is 0.292 bits per heavy atom. The standard InChI is InChI=1S/C64H49N/c1-63(2)58-31-12-9-26-53(58)55-39-36-45(41-60(55)63)51-24-11-14-33-61(51)65(47-21-15-20-44(40-47)50-28-16-19-42-18-5-6-22-48(42)50)46-37-34-43(35-38-46)49-23-7-8-25-52(49)56-29-17-30-57-54-27-10-13-32-59(54)64(3,4)62(56)57/h5-41H,1-4H3. The molecular formula is C64H49N. The van der Waals surface area contributed by atoms with Gasteiger partial charge in [0.25, 0.3) is 0 Å². The van der Waals surface area contributed by atoms with Crippen molar-refractivity contribution in [2.24, 2.45) is 0 Å². The molecule has 12 rings (SSSR count). The highest BCUT2D eigenvalue weighted by molar-refractivity contribution is 5.99. The largest absolute Gasteiger partial charge is 0.310 e. The number of anilines is 3. The Bertz CT molecular complexity index is 3490. The first kappa shape index (κ1) is 38.9. The maximum atomic E-state index is 2.45. The van der Waals surface area contributed by atoms with Gasteiger partial charge in [-0.1, -0.05) is 216 Å². The van der Waals surface area contributed by atoms with Gasteiger partial charge in [0, 0.05) is 27.8 Å². The normalized spacial score (nSPS) is 13.8. The topological polar surface area (TPSA) is 3.24 Å². The molecule has 0 heterocycles. The van der Waals surface area contributed by atoms with E-state index in [4.69, 9.17) is 0 Å². The van der Waals surface area contributed by atoms with Gasteiger partial charge in [0.2, 0.25) is 0 Å². The summed E-state index contributed by atoms with van der Waals surface area (Å²) >= 11 is 0. The molecule has 0 aliphatic heterocycles. The van der Waals surface area contributed by atoms with Crippen molar-refractivity contribution in [2.45, 2.75) is 38.5 Å². The van der Waals surface area contributed by atoms with E-state index in [9.17, 15) is 0 Å². The molecule has 0 atom stereocenters. The Kier molecular flexibility index (Phi) is 8.94. The SMILES string of the molecule is CC1(C)c2ccccc2-c2ccc(-c3ccccc3N(c3ccc(-c4ccccc4-c4cccc5c4C(C)(C)c4ccccc4-5)cc3)c3cccc(-c4cccc5ccccc45)c3)cc21. The molecule has 0 bridgehead atoms. The summed E-state index contributed by atoms with van der Waals surface area (Å²) in [5, 5.41) is 2.49. The monoisotopic (exact) mass is 831 g/mol. The molecule has 0 fully saturated rings. The quantitative estimate of drug-likeness (QED) is 0.155. The molecule has 1 heteroatoms. The van der Waals surface area contributed by atoms with Crippen LogP contribution >= 0.6 is 0 Å². The highest BCUT2D eigenvalue weighted by atomic mass is 15.1. The summed E-state index contributed by atoms with van der Waals surface area (Å²) < 4.78 is 0. The van der Waals surface area contributed by atoms with E-state index in [0.29, 0.717) is 0 Å². The molecule has 2 aliphatic carbocycles. The first-order valence-corrected chi connectivity index (χ1v) is 22.9. The lowest BCUT2D eigenvalue weighted by Gasteiger charge is -2.29. The maximum Gasteiger partial charge on any atom is 0.0540 e. The van der Waals surface area contributed by atoms with Crippen molar-refractivity contribution in [2.75, 3.05) is 4.90 Å². The lowest BCUT2D eigenvalue weighted by Crippen LogP contribution is -2.16. The van der Waals surface area contributed by atoms with Crippen molar-refractivity contribution in [3.8, 4) is 66.8 Å². The van der Waals surface area contributed by atoms with E-state index < -0.39 is 0 Å². The molecule has 10 aromatic rings. The summed E-state index contributed by atoms with van der Waals surface area (Å²) in [6.07, 6.45) is 0. The van der Waals surface area contributed by atoms with Crippen molar-refractivity contribution in [3.05, 3.63) is 247 Å². The summed E-state index contributed by atoms with van der Waals surface area (Å²) in [6.45, 7) is 9.48. The summed E-state index contributed by atoms with van der Waals surface area (Å²) in [5.74, 6) is 0. The van der Waals surface area contributed by atoms with Crippen LogP contribution < -0.4 is 4.90 Å². The van der Waals surface area contributed by atoms with E-state index in [1.54, 1.807) is 0 Å². The fourth-order valence-corrected chi connectivity index (χ4v) is 11.3. The van der Waals surface area contributed by atoms with Gasteiger partial charge in [-0.05, 0) is 131 Å². The zero-order valence-corrected chi connectivity index (χ0v) is 37.3. The second kappa shape index (κ2) is 14.9. The molecule has 65 heavy (non-hydrogen) atoms. The van der Waals surface area contributed by atoms with Crippen LogP contribution in [-0.4, -0.2) is 0 Å². The van der Waals surface area contributed by atoms with Crippen molar-refractivity contribution in [1.29, 1.82) is 0 Å². The van der Waals surface area contributed by atoms with Crippen LogP contribution in [0.1, 0.15) is 49.9 Å². The van der Waals surface area contributed by atoms with Gasteiger partial charge in [0.05, 0.1) is 5.69 Å². The lowest BCUT2D eigenvalue weighted by atomic mass is 9.78. The minimum Gasteiger partial charge on any atom is -0.310 e. The molecule has 0 saturated heterocycles. The number of para-hydroxylation sites is 1. The molecule has 0 spiro atoms. The zero-order chi connectivity index (χ0) is 43.9. The van der Waals surface area contributed by atoms with Crippen LogP contribution in [0.5, 0.6) is 0 Å². The van der Waals surface area contributed by atoms with E-state index in [1.165, 1.54) is 99.8 Å². The first-order chi connectivity index (χ1) is 31.8. The maximum absolute atomic E-state index is 2.45. The molecule has 0 aromatic heterocycles. The van der Waals surface area contributed by atoms with E-state index in [1.807, 2.05) is 0 Å². The van der Waals surface area contributed by atoms with E-state index in [2.05, 4.69) is 257 Å². The second-order valence-electron chi connectivity index (χ2n) is 18.9. The molecular weight excluding hydrogens is 783 g/mol. The molecule has 0 radical (unpaired) electrons. The Morgan fingerprint density at radius 2 is 0.800 bits per heavy atom. The van der Waals surface area contributed by atoms with E-state index >= 15 is 0 Å². The summed E-state index contributed by atoms with van der Waals surface area (Å²) in [5.41, 5.74) is 23.8. The number of benzene rings is 10. The minimum atomic E-state index is -0.119. The highest BCUT2D eigenvalue weighted by Crippen LogP contribution is 2.54. The molecule has 0 N–H and O–H groups in total. The summed E-state index contributed by atoms with van der Waals surface area (Å²) in [6, 6.07) is 83.3. The van der Waals surface area contributed by atoms with Crippen LogP contribution in [0.3, 0.4) is 0 Å². The van der Waals surface area contributed by atoms with Gasteiger partial charge in [0.15, 0.2) is 0 Å². The fourth-order valence-electron chi connectivity index (χ4n) is 11.3. The van der Waals surface area contributed by atoms with Crippen molar-refractivity contribution in [3.63, 3.8) is 0 Å². The molecule has 0 amide bonds. The predicted octanol–water partition coefficient (Wildman–Crippen LogP) is 17.6. The molecule has 0 saturated carbocycles. The van der Waals surface area contributed by atoms with Gasteiger partial charge >= 0.3 is 0 Å². The third kappa shape index (κ3) is 6.14. The van der Waals surface area contributed by atoms with Crippen LogP contribution in [-0.2, 0) is 10.8 Å². The number of hydrogen-bond donors (Lipinski definition) is 0. The smallest absolute Gasteiger partial charge is 0.0540 e. The van der Waals surface area contributed by atoms with Gasteiger partial charge in [-0.3, -0.25) is 0 Å². The molecule has 1 nitrogen and oxygen atoms in total. The zero-order valence-electron chi connectivity index (χ0n) is 37.3. The summed E-state index contributed by atoms with van der Waals surface area (Å²) in [7, 11) is 0. The molecule has 310 valence electrons. The Balaban J connectivity index is 1.00. The fraction of sp³-hybridized carbons (Fsp3) is 0.0938. The second-order valence-corrected chi connectivity index (χ2v) is 18.9. The molecule has 10 aromatic carbocycles. The number of fused-ring (bicyclic) bond motifs is 7. The van der Waals surface area contributed by atoms with Gasteiger partial charge in [-0.25, -0.2) is 0 Å². The van der Waals surface area contributed by atoms with Crippen LogP contribution in [0.4, 0.5) is 17.1 Å². The van der Waals surface area contributed by atoms with E-state index in [-0.39, 0.29) is 10.8 Å². The van der Waals surface area contributed by atoms with Crippen molar-refractivity contribution < 1.29 is 0 Å². The molecule has 0 unspecified atom stereocenters. The Labute approximate surface area is 383 Å². The lowest BCUT2D eigenvalue weighted by molar-refractivity contribution is 0.660. The number of hydrogen-bond acceptors (Lipinski definition) is 1. The van der Waals surface area contributed by atoms with Crippen LogP contribution in [0, 0.1) is 0 Å². The Morgan fingerprint density at radius 3 is 1.58 bits per heavy atom. The number of nitrogens with zero attached hydrogens (tertiary/aromatic N) is 1. The highest BCUT2D eigenvalue weighted by Gasteiger charge is 2.38.